The minimum Gasteiger partial charge on any atom is -0.495 e. The zero-order chi connectivity index (χ0) is 21.4. The van der Waals surface area contributed by atoms with Gasteiger partial charge in [0.15, 0.2) is 0 Å². The molecular weight excluding hydrogens is 436 g/mol. The lowest BCUT2D eigenvalue weighted by molar-refractivity contribution is 0.415. The Labute approximate surface area is 175 Å². The van der Waals surface area contributed by atoms with Crippen molar-refractivity contribution < 1.29 is 21.6 Å². The Bertz CT molecular complexity index is 1270. The second kappa shape index (κ2) is 7.74. The van der Waals surface area contributed by atoms with Crippen molar-refractivity contribution in [2.24, 2.45) is 0 Å². The highest BCUT2D eigenvalue weighted by atomic mass is 35.5. The van der Waals surface area contributed by atoms with E-state index in [9.17, 15) is 16.8 Å². The first-order chi connectivity index (χ1) is 13.6. The number of methoxy groups -OCH3 is 1. The van der Waals surface area contributed by atoms with Crippen LogP contribution in [0.15, 0.2) is 64.4 Å². The molecule has 0 bridgehead atoms. The van der Waals surface area contributed by atoms with Crippen molar-refractivity contribution in [3.63, 3.8) is 0 Å². The van der Waals surface area contributed by atoms with E-state index in [-0.39, 0.29) is 31.9 Å². The zero-order valence-corrected chi connectivity index (χ0v) is 18.3. The van der Waals surface area contributed by atoms with Crippen LogP contribution in [0.1, 0.15) is 11.4 Å². The molecule has 2 aromatic carbocycles. The average molecular weight is 455 g/mol. The summed E-state index contributed by atoms with van der Waals surface area (Å²) in [7, 11) is -6.55. The number of halogens is 1. The maximum absolute atomic E-state index is 13.0. The molecule has 1 heterocycles. The number of rotatable bonds is 6. The number of hydrogen-bond acceptors (Lipinski definition) is 5. The number of nitrogens with zero attached hydrogens (tertiary/aromatic N) is 1. The highest BCUT2D eigenvalue weighted by molar-refractivity contribution is 7.93. The number of aromatic nitrogens is 1. The maximum atomic E-state index is 13.0. The van der Waals surface area contributed by atoms with E-state index in [0.29, 0.717) is 5.75 Å². The molecule has 0 atom stereocenters. The van der Waals surface area contributed by atoms with Gasteiger partial charge in [-0.05, 0) is 50.2 Å². The number of ether oxygens (including phenoxy) is 1. The molecule has 0 amide bonds. The molecule has 0 aliphatic rings. The number of sulfonamides is 1. The third-order valence-corrected chi connectivity index (χ3v) is 8.00. The van der Waals surface area contributed by atoms with Crippen LogP contribution in [0.25, 0.3) is 0 Å². The number of hydrogen-bond donors (Lipinski definition) is 1. The van der Waals surface area contributed by atoms with E-state index in [1.807, 2.05) is 0 Å². The van der Waals surface area contributed by atoms with E-state index in [2.05, 4.69) is 4.72 Å². The summed E-state index contributed by atoms with van der Waals surface area (Å²) in [6, 6.07) is 13.6. The van der Waals surface area contributed by atoms with Crippen molar-refractivity contribution in [3.8, 4) is 5.75 Å². The lowest BCUT2D eigenvalue weighted by Gasteiger charge is -2.12. The van der Waals surface area contributed by atoms with Crippen LogP contribution in [0.2, 0.25) is 5.02 Å². The zero-order valence-electron chi connectivity index (χ0n) is 15.9. The first kappa shape index (κ1) is 21.2. The molecular formula is C19H19ClN2O5S2. The van der Waals surface area contributed by atoms with Crippen LogP contribution in [0.5, 0.6) is 5.75 Å². The highest BCUT2D eigenvalue weighted by Crippen LogP contribution is 2.30. The molecule has 0 fully saturated rings. The number of aryl methyl sites for hydroxylation is 1. The van der Waals surface area contributed by atoms with E-state index < -0.39 is 20.0 Å². The normalized spacial score (nSPS) is 12.0. The standard InChI is InChI=1S/C19H19ClN2O5S2/c1-13-11-19(14(2)22(13)29(25,26)16-7-5-4-6-8-16)28(23,24)21-15-9-10-18(27-3)17(20)12-15/h4-12,21H,1-3H3. The van der Waals surface area contributed by atoms with Crippen LogP contribution < -0.4 is 9.46 Å². The van der Waals surface area contributed by atoms with Crippen LogP contribution in [0, 0.1) is 13.8 Å². The van der Waals surface area contributed by atoms with Gasteiger partial charge in [-0.25, -0.2) is 20.8 Å². The van der Waals surface area contributed by atoms with Gasteiger partial charge in [-0.2, -0.15) is 0 Å². The predicted molar refractivity (Wildman–Crippen MR) is 112 cm³/mol. The lowest BCUT2D eigenvalue weighted by atomic mass is 10.3. The molecule has 10 heteroatoms. The largest absolute Gasteiger partial charge is 0.495 e. The van der Waals surface area contributed by atoms with Crippen LogP contribution in [0.4, 0.5) is 5.69 Å². The summed E-state index contributed by atoms with van der Waals surface area (Å²) in [6.07, 6.45) is 0. The Morgan fingerprint density at radius 1 is 0.966 bits per heavy atom. The van der Waals surface area contributed by atoms with Crippen molar-refractivity contribution in [2.45, 2.75) is 23.6 Å². The van der Waals surface area contributed by atoms with Crippen molar-refractivity contribution in [1.29, 1.82) is 0 Å². The summed E-state index contributed by atoms with van der Waals surface area (Å²) in [5.41, 5.74) is 0.587. The molecule has 0 aliphatic heterocycles. The second-order valence-electron chi connectivity index (χ2n) is 6.27. The second-order valence-corrected chi connectivity index (χ2v) is 10.1. The van der Waals surface area contributed by atoms with Gasteiger partial charge in [0.25, 0.3) is 20.0 Å². The van der Waals surface area contributed by atoms with Crippen LogP contribution in [0.3, 0.4) is 0 Å². The van der Waals surface area contributed by atoms with Gasteiger partial charge in [-0.1, -0.05) is 29.8 Å². The molecule has 154 valence electrons. The van der Waals surface area contributed by atoms with Gasteiger partial charge < -0.3 is 4.74 Å². The molecule has 29 heavy (non-hydrogen) atoms. The van der Waals surface area contributed by atoms with Gasteiger partial charge in [0.2, 0.25) is 0 Å². The minimum atomic E-state index is -4.06. The fourth-order valence-electron chi connectivity index (χ4n) is 3.00. The minimum absolute atomic E-state index is 0.0700. The van der Waals surface area contributed by atoms with Crippen LogP contribution >= 0.6 is 11.6 Å². The Hall–Kier alpha value is -2.49. The van der Waals surface area contributed by atoms with Crippen LogP contribution in [-0.4, -0.2) is 27.9 Å². The summed E-state index contributed by atoms with van der Waals surface area (Å²) < 4.78 is 60.4. The predicted octanol–water partition coefficient (Wildman–Crippen LogP) is 3.80. The summed E-state index contributed by atoms with van der Waals surface area (Å²) in [6.45, 7) is 2.99. The molecule has 0 aliphatic carbocycles. The van der Waals surface area contributed by atoms with Gasteiger partial charge in [0.1, 0.15) is 10.6 Å². The molecule has 0 saturated heterocycles. The van der Waals surface area contributed by atoms with Crippen molar-refractivity contribution in [3.05, 3.63) is 71.0 Å². The Morgan fingerprint density at radius 2 is 1.62 bits per heavy atom. The fourth-order valence-corrected chi connectivity index (χ4v) is 6.27. The first-order valence-electron chi connectivity index (χ1n) is 8.44. The lowest BCUT2D eigenvalue weighted by Crippen LogP contribution is -2.18. The summed E-state index contributed by atoms with van der Waals surface area (Å²) in [5, 5.41) is 0.241. The van der Waals surface area contributed by atoms with Gasteiger partial charge in [-0.15, -0.1) is 0 Å². The highest BCUT2D eigenvalue weighted by Gasteiger charge is 2.28. The van der Waals surface area contributed by atoms with E-state index in [1.54, 1.807) is 18.2 Å². The third-order valence-electron chi connectivity index (χ3n) is 4.30. The summed E-state index contributed by atoms with van der Waals surface area (Å²) in [4.78, 5) is -0.0675. The van der Waals surface area contributed by atoms with Gasteiger partial charge in [0.05, 0.1) is 28.4 Å². The topological polar surface area (TPSA) is 94.5 Å². The van der Waals surface area contributed by atoms with E-state index in [0.717, 1.165) is 3.97 Å². The molecule has 0 spiro atoms. The fraction of sp³-hybridized carbons (Fsp3) is 0.158. The van der Waals surface area contributed by atoms with E-state index >= 15 is 0 Å². The molecule has 0 saturated carbocycles. The van der Waals surface area contributed by atoms with Gasteiger partial charge in [-0.3, -0.25) is 4.72 Å². The first-order valence-corrected chi connectivity index (χ1v) is 11.7. The molecule has 3 rings (SSSR count). The molecule has 0 unspecified atom stereocenters. The SMILES string of the molecule is COc1ccc(NS(=O)(=O)c2cc(C)n(S(=O)(=O)c3ccccc3)c2C)cc1Cl. The van der Waals surface area contributed by atoms with Crippen molar-refractivity contribution in [2.75, 3.05) is 11.8 Å². The molecule has 1 aromatic heterocycles. The number of anilines is 1. The molecule has 0 radical (unpaired) electrons. The third kappa shape index (κ3) is 3.98. The van der Waals surface area contributed by atoms with Crippen molar-refractivity contribution >= 4 is 37.3 Å². The molecule has 1 N–H and O–H groups in total. The average Bonchev–Trinajstić information content (AvgIpc) is 2.98. The Kier molecular flexibility index (Phi) is 5.66. The van der Waals surface area contributed by atoms with Gasteiger partial charge >= 0.3 is 0 Å². The van der Waals surface area contributed by atoms with E-state index in [1.165, 1.54) is 57.4 Å². The van der Waals surface area contributed by atoms with E-state index in [4.69, 9.17) is 16.3 Å². The van der Waals surface area contributed by atoms with Crippen molar-refractivity contribution in [1.82, 2.24) is 3.97 Å². The summed E-state index contributed by atoms with van der Waals surface area (Å²) >= 11 is 6.05. The number of nitrogens with one attached hydrogen (secondary N) is 1. The quantitative estimate of drug-likeness (QED) is 0.611. The summed E-state index contributed by atoms with van der Waals surface area (Å²) in [5.74, 6) is 0.404. The maximum Gasteiger partial charge on any atom is 0.268 e. The molecule has 3 aromatic rings. The Balaban J connectivity index is 2.04. The number of benzene rings is 2. The Morgan fingerprint density at radius 3 is 2.21 bits per heavy atom. The smallest absolute Gasteiger partial charge is 0.268 e. The molecule has 7 nitrogen and oxygen atoms in total. The monoisotopic (exact) mass is 454 g/mol. The van der Waals surface area contributed by atoms with Crippen LogP contribution in [-0.2, 0) is 20.0 Å². The van der Waals surface area contributed by atoms with Gasteiger partial charge in [0, 0.05) is 5.69 Å².